The van der Waals surface area contributed by atoms with Gasteiger partial charge >= 0.3 is 5.97 Å². The highest BCUT2D eigenvalue weighted by atomic mass is 19.1. The normalized spacial score (nSPS) is 28.4. The third kappa shape index (κ3) is 5.95. The number of hydrogen-bond acceptors (Lipinski definition) is 7. The smallest absolute Gasteiger partial charge is 0.338 e. The second-order valence-corrected chi connectivity index (χ2v) is 10.4. The Morgan fingerprint density at radius 2 is 2.03 bits per heavy atom. The zero-order valence-corrected chi connectivity index (χ0v) is 22.2. The number of hydrogen-bond donors (Lipinski definition) is 3. The number of amides is 1. The molecule has 9 nitrogen and oxygen atoms in total. The lowest BCUT2D eigenvalue weighted by Gasteiger charge is -2.38. The fourth-order valence-corrected chi connectivity index (χ4v) is 5.69. The van der Waals surface area contributed by atoms with Gasteiger partial charge in [0.05, 0.1) is 17.4 Å². The van der Waals surface area contributed by atoms with E-state index in [4.69, 9.17) is 15.2 Å². The number of alkyl halides is 1. The molecule has 4 N–H and O–H groups in total. The van der Waals surface area contributed by atoms with Crippen LogP contribution in [0.2, 0.25) is 0 Å². The van der Waals surface area contributed by atoms with Gasteiger partial charge in [0.25, 0.3) is 5.56 Å². The molecule has 1 aromatic heterocycles. The molecule has 39 heavy (non-hydrogen) atoms. The maximum atomic E-state index is 16.4. The van der Waals surface area contributed by atoms with Gasteiger partial charge in [-0.3, -0.25) is 19.9 Å². The summed E-state index contributed by atoms with van der Waals surface area (Å²) in [5.41, 5.74) is 4.63. The predicted molar refractivity (Wildman–Crippen MR) is 146 cm³/mol. The lowest BCUT2D eigenvalue weighted by atomic mass is 9.69. The van der Waals surface area contributed by atoms with Gasteiger partial charge in [0, 0.05) is 19.3 Å². The van der Waals surface area contributed by atoms with Crippen LogP contribution in [0.3, 0.4) is 0 Å². The number of anilines is 2. The van der Waals surface area contributed by atoms with Gasteiger partial charge in [0.1, 0.15) is 18.4 Å². The molecule has 2 fully saturated rings. The number of benzene rings is 1. The van der Waals surface area contributed by atoms with Crippen molar-refractivity contribution < 1.29 is 23.5 Å². The monoisotopic (exact) mass is 538 g/mol. The lowest BCUT2D eigenvalue weighted by molar-refractivity contribution is -0.114. The first kappa shape index (κ1) is 28.2. The van der Waals surface area contributed by atoms with Gasteiger partial charge in [-0.25, -0.2) is 14.2 Å². The van der Waals surface area contributed by atoms with E-state index in [1.165, 1.54) is 6.92 Å². The number of rotatable bonds is 8. The number of ether oxygens (including phenoxy) is 2. The summed E-state index contributed by atoms with van der Waals surface area (Å²) >= 11 is 0. The number of allylic oxidation sites excluding steroid dienone is 1. The Balaban J connectivity index is 1.63. The number of aromatic amines is 1. The van der Waals surface area contributed by atoms with Crippen LogP contribution >= 0.6 is 0 Å². The van der Waals surface area contributed by atoms with Crippen molar-refractivity contribution in [2.75, 3.05) is 17.7 Å². The first-order valence-corrected chi connectivity index (χ1v) is 13.1. The molecule has 2 heterocycles. The Labute approximate surface area is 226 Å². The molecule has 1 saturated heterocycles. The molecule has 1 saturated carbocycles. The quantitative estimate of drug-likeness (QED) is 0.337. The van der Waals surface area contributed by atoms with Crippen LogP contribution < -0.4 is 16.6 Å². The molecular formula is C29H35FN4O5. The minimum Gasteiger partial charge on any atom is -0.459 e. The molecule has 0 bridgehead atoms. The molecule has 6 atom stereocenters. The first-order chi connectivity index (χ1) is 18.5. The number of carbonyl (C=O) groups excluding carboxylic acids is 2. The van der Waals surface area contributed by atoms with Gasteiger partial charge in [-0.15, -0.1) is 6.58 Å². The van der Waals surface area contributed by atoms with E-state index in [0.717, 1.165) is 6.42 Å². The molecular weight excluding hydrogens is 503 g/mol. The summed E-state index contributed by atoms with van der Waals surface area (Å²) in [5.74, 6) is -1.41. The Morgan fingerprint density at radius 1 is 1.31 bits per heavy atom. The van der Waals surface area contributed by atoms with Crippen molar-refractivity contribution in [3.8, 4) is 0 Å². The van der Waals surface area contributed by atoms with E-state index in [2.05, 4.69) is 28.4 Å². The molecule has 10 heteroatoms. The Bertz CT molecular complexity index is 1310. The fraction of sp³-hybridized carbons (Fsp3) is 0.448. The van der Waals surface area contributed by atoms with Crippen LogP contribution in [-0.2, 0) is 14.3 Å². The molecule has 1 aliphatic carbocycles. The maximum Gasteiger partial charge on any atom is 0.338 e. The summed E-state index contributed by atoms with van der Waals surface area (Å²) in [5, 5.41) is 2.50. The molecule has 208 valence electrons. The molecule has 1 amide bonds. The van der Waals surface area contributed by atoms with Crippen molar-refractivity contribution in [1.29, 1.82) is 0 Å². The fourth-order valence-electron chi connectivity index (χ4n) is 5.69. The zero-order valence-electron chi connectivity index (χ0n) is 22.2. The van der Waals surface area contributed by atoms with E-state index in [1.807, 2.05) is 6.08 Å². The SMILES string of the molecule is C=CC1CCC(c2nc(NC(C)=O)[nH]c(=O)c2N)C([C@H]2CC(F)(C(=C)C)[C@@H](COC(=O)c3ccccc3)O2)C1. The summed E-state index contributed by atoms with van der Waals surface area (Å²) in [7, 11) is 0. The van der Waals surface area contributed by atoms with Crippen LogP contribution in [0.5, 0.6) is 0 Å². The first-order valence-electron chi connectivity index (χ1n) is 13.1. The molecule has 0 radical (unpaired) electrons. The number of nitrogens with one attached hydrogen (secondary N) is 2. The number of carbonyl (C=O) groups is 2. The largest absolute Gasteiger partial charge is 0.459 e. The number of esters is 1. The van der Waals surface area contributed by atoms with Crippen LogP contribution in [0.25, 0.3) is 0 Å². The van der Waals surface area contributed by atoms with Crippen molar-refractivity contribution in [3.05, 3.63) is 76.8 Å². The third-order valence-electron chi connectivity index (χ3n) is 7.81. The van der Waals surface area contributed by atoms with Gasteiger partial charge in [-0.1, -0.05) is 30.9 Å². The summed E-state index contributed by atoms with van der Waals surface area (Å²) in [4.78, 5) is 43.7. The van der Waals surface area contributed by atoms with Crippen molar-refractivity contribution in [2.24, 2.45) is 11.8 Å². The van der Waals surface area contributed by atoms with Crippen molar-refractivity contribution >= 4 is 23.5 Å². The highest BCUT2D eigenvalue weighted by molar-refractivity contribution is 5.89. The number of nitrogen functional groups attached to an aromatic ring is 1. The van der Waals surface area contributed by atoms with E-state index < -0.39 is 35.3 Å². The second kappa shape index (κ2) is 11.5. The minimum absolute atomic E-state index is 0.00103. The zero-order chi connectivity index (χ0) is 28.3. The summed E-state index contributed by atoms with van der Waals surface area (Å²) in [6.45, 7) is 10.4. The summed E-state index contributed by atoms with van der Waals surface area (Å²) < 4.78 is 28.2. The van der Waals surface area contributed by atoms with E-state index in [1.54, 1.807) is 37.3 Å². The van der Waals surface area contributed by atoms with Crippen molar-refractivity contribution in [3.63, 3.8) is 0 Å². The highest BCUT2D eigenvalue weighted by Gasteiger charge is 2.54. The van der Waals surface area contributed by atoms with Crippen LogP contribution in [0.4, 0.5) is 16.0 Å². The molecule has 2 aromatic rings. The van der Waals surface area contributed by atoms with E-state index in [9.17, 15) is 14.4 Å². The molecule has 1 aliphatic heterocycles. The van der Waals surface area contributed by atoms with Crippen LogP contribution in [0.15, 0.2) is 59.9 Å². The number of H-pyrrole nitrogens is 1. The second-order valence-electron chi connectivity index (χ2n) is 10.4. The number of nitrogens with zero attached hydrogens (tertiary/aromatic N) is 1. The summed E-state index contributed by atoms with van der Waals surface area (Å²) in [6.07, 6.45) is 2.23. The number of nitrogens with two attached hydrogens (primary N) is 1. The van der Waals surface area contributed by atoms with E-state index >= 15 is 4.39 Å². The average Bonchev–Trinajstić information content (AvgIpc) is 3.26. The minimum atomic E-state index is -1.93. The topological polar surface area (TPSA) is 136 Å². The highest BCUT2D eigenvalue weighted by Crippen LogP contribution is 2.50. The van der Waals surface area contributed by atoms with Crippen molar-refractivity contribution in [2.45, 2.75) is 63.3 Å². The van der Waals surface area contributed by atoms with Gasteiger partial charge in [0.2, 0.25) is 11.9 Å². The van der Waals surface area contributed by atoms with Gasteiger partial charge < -0.3 is 15.2 Å². The predicted octanol–water partition coefficient (Wildman–Crippen LogP) is 4.30. The third-order valence-corrected chi connectivity index (χ3v) is 7.81. The van der Waals surface area contributed by atoms with E-state index in [0.29, 0.717) is 24.1 Å². The summed E-state index contributed by atoms with van der Waals surface area (Å²) in [6, 6.07) is 8.47. The number of aromatic nitrogens is 2. The van der Waals surface area contributed by atoms with Crippen molar-refractivity contribution in [1.82, 2.24) is 9.97 Å². The molecule has 1 aromatic carbocycles. The lowest BCUT2D eigenvalue weighted by Crippen LogP contribution is -2.38. The molecule has 2 aliphatic rings. The Hall–Kier alpha value is -3.79. The van der Waals surface area contributed by atoms with Crippen LogP contribution in [0.1, 0.15) is 61.5 Å². The van der Waals surface area contributed by atoms with E-state index in [-0.39, 0.29) is 48.0 Å². The van der Waals surface area contributed by atoms with Crippen LogP contribution in [0, 0.1) is 11.8 Å². The Kier molecular flexibility index (Phi) is 8.34. The van der Waals surface area contributed by atoms with Crippen LogP contribution in [-0.4, -0.2) is 46.3 Å². The molecule has 4 unspecified atom stereocenters. The van der Waals surface area contributed by atoms with Gasteiger partial charge in [-0.2, -0.15) is 0 Å². The Morgan fingerprint density at radius 3 is 2.67 bits per heavy atom. The molecule has 0 spiro atoms. The maximum absolute atomic E-state index is 16.4. The number of halogens is 1. The average molecular weight is 539 g/mol. The van der Waals surface area contributed by atoms with Gasteiger partial charge in [-0.05, 0) is 55.7 Å². The standard InChI is InChI=1S/C29H35FN4O5/c1-5-18-11-12-20(25-24(31)26(36)34-28(33-25)32-17(4)35)21(13-18)22-14-29(30,16(2)3)23(39-22)15-38-27(37)19-9-7-6-8-10-19/h5-10,18,20-23H,1-2,11-15,31H2,3-4H3,(H2,32,33,34,35,36)/t18?,20?,21?,22-,23-,29?/m1/s1. The molecule has 4 rings (SSSR count). The van der Waals surface area contributed by atoms with Gasteiger partial charge in [0.15, 0.2) is 5.67 Å².